The molecule has 0 unspecified atom stereocenters. The summed E-state index contributed by atoms with van der Waals surface area (Å²) >= 11 is 0. The Labute approximate surface area is 71.6 Å². The van der Waals surface area contributed by atoms with Crippen molar-refractivity contribution < 1.29 is 72.7 Å². The summed E-state index contributed by atoms with van der Waals surface area (Å²) in [4.78, 5) is 0. The maximum atomic E-state index is 0. The Bertz CT molecular complexity index is 6.00. The Morgan fingerprint density at radius 1 is 0.750 bits per heavy atom. The van der Waals surface area contributed by atoms with Crippen molar-refractivity contribution in [2.75, 3.05) is 0 Å². The first-order valence-electron chi connectivity index (χ1n) is 0. The quantitative estimate of drug-likeness (QED) is 0.592. The third-order valence-electron chi connectivity index (χ3n) is 0. The molecule has 4 heavy (non-hydrogen) atoms. The average Bonchev–Trinajstić information content (AvgIpc) is 0. The summed E-state index contributed by atoms with van der Waals surface area (Å²) < 4.78 is 0. The van der Waals surface area contributed by atoms with Crippen LogP contribution in [0.25, 0.3) is 0 Å². The van der Waals surface area contributed by atoms with Crippen molar-refractivity contribution >= 4 is 0 Å². The Kier molecular flexibility index (Phi) is 204. The van der Waals surface area contributed by atoms with Crippen molar-refractivity contribution in [2.45, 2.75) is 0 Å². The van der Waals surface area contributed by atoms with E-state index in [2.05, 4.69) is 0 Å². The average molecular weight is 317 g/mol. The normalized spacial score (nSPS) is 0. The van der Waals surface area contributed by atoms with Crippen LogP contribution in [0.1, 0.15) is 0 Å². The third kappa shape index (κ3) is 9.09. The van der Waals surface area contributed by atoms with Crippen molar-refractivity contribution in [3.8, 4) is 0 Å². The van der Waals surface area contributed by atoms with E-state index in [4.69, 9.17) is 0 Å². The van der Waals surface area contributed by atoms with E-state index in [9.17, 15) is 0 Å². The molecule has 0 rings (SSSR count). The summed E-state index contributed by atoms with van der Waals surface area (Å²) in [5.74, 6) is 0. The fourth-order valence-electron chi connectivity index (χ4n) is 0. The molecular formula is CoO2Ra. The molecule has 0 saturated heterocycles. The summed E-state index contributed by atoms with van der Waals surface area (Å²) in [5.41, 5.74) is 0. The van der Waals surface area contributed by atoms with E-state index in [0.29, 0.717) is 0 Å². The van der Waals surface area contributed by atoms with Gasteiger partial charge in [-0.15, -0.1) is 0 Å². The zero-order valence-corrected chi connectivity index (χ0v) is 8.71. The van der Waals surface area contributed by atoms with Crippen LogP contribution in [0, 0.1) is 45.0 Å². The van der Waals surface area contributed by atoms with Gasteiger partial charge in [0.1, 0.15) is 0 Å². The van der Waals surface area contributed by atoms with Crippen LogP contribution < -0.4 is 0 Å². The van der Waals surface area contributed by atoms with E-state index >= 15 is 0 Å². The molecule has 0 saturated carbocycles. The molecule has 0 fully saturated rings. The molecule has 1 radical (unpaired) electrons. The Morgan fingerprint density at radius 2 is 0.750 bits per heavy atom. The number of hydrogen-bond donors (Lipinski definition) is 0. The van der Waals surface area contributed by atoms with Gasteiger partial charge in [-0.25, -0.2) is 0 Å². The molecule has 0 aromatic rings. The molecule has 0 atom stereocenters. The molecule has 0 heterocycles. The minimum Gasteiger partial charge on any atom is -2.00 e. The topological polar surface area (TPSA) is 57.0 Å². The van der Waals surface area contributed by atoms with Gasteiger partial charge in [-0.1, -0.05) is 0 Å². The van der Waals surface area contributed by atoms with Crippen molar-refractivity contribution in [3.05, 3.63) is 0 Å². The minimum atomic E-state index is 0. The van der Waals surface area contributed by atoms with Crippen LogP contribution in [-0.2, 0) is 27.7 Å². The third-order valence-corrected chi connectivity index (χ3v) is 0. The van der Waals surface area contributed by atoms with Crippen LogP contribution in [0.2, 0.25) is 0 Å². The Morgan fingerprint density at radius 3 is 0.750 bits per heavy atom. The maximum absolute atomic E-state index is 0. The zero-order valence-electron chi connectivity index (χ0n) is 1.86. The van der Waals surface area contributed by atoms with E-state index in [1.807, 2.05) is 0 Å². The molecule has 0 aliphatic carbocycles. The molecule has 2 nitrogen and oxygen atoms in total. The molecule has 0 N–H and O–H groups in total. The molecule has 0 amide bonds. The molecule has 23 valence electrons. The first-order valence-corrected chi connectivity index (χ1v) is 0. The molecule has 0 aliphatic rings. The predicted octanol–water partition coefficient (Wildman–Crippen LogP) is -0.240. The van der Waals surface area contributed by atoms with Gasteiger partial charge in [0, 0.05) is 0 Å². The smallest absolute Gasteiger partial charge is 2.00 e. The van der Waals surface area contributed by atoms with Crippen molar-refractivity contribution in [1.29, 1.82) is 0 Å². The fraction of sp³-hybridized carbons (Fsp3) is 0. The van der Waals surface area contributed by atoms with Gasteiger partial charge in [-0.05, 0) is 0 Å². The van der Waals surface area contributed by atoms with E-state index in [-0.39, 0.29) is 72.7 Å². The zero-order chi connectivity index (χ0) is 0. The molecule has 0 bridgehead atoms. The van der Waals surface area contributed by atoms with Crippen LogP contribution in [0.3, 0.4) is 0 Å². The SMILES string of the molecule is [Co+2].[O-2].[O-2].[Ra+2]. The standard InChI is InChI=1S/Co.2O.Ra/q+2;2*-2;+2. The van der Waals surface area contributed by atoms with Crippen molar-refractivity contribution in [3.63, 3.8) is 0 Å². The first kappa shape index (κ1) is 39.4. The van der Waals surface area contributed by atoms with Gasteiger partial charge in [-0.3, -0.25) is 0 Å². The molecule has 4 heteroatoms. The van der Waals surface area contributed by atoms with Gasteiger partial charge in [-0.2, -0.15) is 0 Å². The van der Waals surface area contributed by atoms with Crippen LogP contribution in [-0.4, -0.2) is 0 Å². The van der Waals surface area contributed by atoms with Crippen LogP contribution in [0.15, 0.2) is 0 Å². The molecule has 0 spiro atoms. The summed E-state index contributed by atoms with van der Waals surface area (Å²) in [7, 11) is 0. The second kappa shape index (κ2) is 20.7. The van der Waals surface area contributed by atoms with E-state index in [1.165, 1.54) is 0 Å². The second-order valence-electron chi connectivity index (χ2n) is 0. The summed E-state index contributed by atoms with van der Waals surface area (Å²) in [5, 5.41) is 0. The Hall–Kier alpha value is 1.89. The van der Waals surface area contributed by atoms with Crippen molar-refractivity contribution in [1.82, 2.24) is 0 Å². The monoisotopic (exact) mass is 317 g/mol. The van der Waals surface area contributed by atoms with Gasteiger partial charge in [0.05, 0.1) is 0 Å². The largest absolute Gasteiger partial charge is 2.00 e. The van der Waals surface area contributed by atoms with Gasteiger partial charge in [0.2, 0.25) is 0 Å². The maximum Gasteiger partial charge on any atom is 2.00 e. The molecule has 0 aromatic carbocycles. The molecular weight excluding hydrogens is 317 g/mol. The van der Waals surface area contributed by atoms with Gasteiger partial charge >= 0.3 is 61.8 Å². The first-order chi connectivity index (χ1) is 0. The number of hydrogen-bond acceptors (Lipinski definition) is 0. The number of rotatable bonds is 0. The van der Waals surface area contributed by atoms with Gasteiger partial charge in [0.25, 0.3) is 0 Å². The van der Waals surface area contributed by atoms with E-state index in [0.717, 1.165) is 0 Å². The minimum absolute atomic E-state index is 0. The van der Waals surface area contributed by atoms with E-state index < -0.39 is 0 Å². The van der Waals surface area contributed by atoms with Gasteiger partial charge in [0.15, 0.2) is 0 Å². The van der Waals surface area contributed by atoms with Gasteiger partial charge < -0.3 is 11.0 Å². The molecule has 0 aromatic heterocycles. The van der Waals surface area contributed by atoms with Crippen LogP contribution in [0.4, 0.5) is 0 Å². The van der Waals surface area contributed by atoms with Crippen molar-refractivity contribution in [2.24, 2.45) is 0 Å². The summed E-state index contributed by atoms with van der Waals surface area (Å²) in [6.07, 6.45) is 0. The molecule has 0 aliphatic heterocycles. The second-order valence-corrected chi connectivity index (χ2v) is 0. The summed E-state index contributed by atoms with van der Waals surface area (Å²) in [6.45, 7) is 0. The Balaban J connectivity index is 0. The van der Waals surface area contributed by atoms with Crippen LogP contribution >= 0.6 is 0 Å². The van der Waals surface area contributed by atoms with E-state index in [1.54, 1.807) is 0 Å². The fourth-order valence-corrected chi connectivity index (χ4v) is 0. The van der Waals surface area contributed by atoms with Crippen LogP contribution in [0.5, 0.6) is 0 Å². The summed E-state index contributed by atoms with van der Waals surface area (Å²) in [6, 6.07) is 0. The predicted molar refractivity (Wildman–Crippen MR) is 1.37 cm³/mol.